The van der Waals surface area contributed by atoms with Crippen molar-refractivity contribution in [2.45, 2.75) is 5.41 Å². The largest absolute Gasteiger partial charge is 0.208 e. The highest BCUT2D eigenvalue weighted by atomic mass is 15.0. The van der Waals surface area contributed by atoms with E-state index in [4.69, 9.17) is 15.0 Å². The first-order chi connectivity index (χ1) is 26.3. The van der Waals surface area contributed by atoms with Crippen molar-refractivity contribution in [2.75, 3.05) is 0 Å². The summed E-state index contributed by atoms with van der Waals surface area (Å²) in [5.74, 6) is 1.98. The maximum Gasteiger partial charge on any atom is 0.164 e. The van der Waals surface area contributed by atoms with Gasteiger partial charge in [0.15, 0.2) is 17.5 Å². The first kappa shape index (κ1) is 28.7. The Hall–Kier alpha value is -6.97. The van der Waals surface area contributed by atoms with Crippen LogP contribution in [0.1, 0.15) is 22.3 Å². The molecule has 3 nitrogen and oxygen atoms in total. The van der Waals surface area contributed by atoms with Crippen LogP contribution in [0.25, 0.3) is 89.4 Å². The molecule has 53 heavy (non-hydrogen) atoms. The van der Waals surface area contributed by atoms with Crippen LogP contribution in [-0.4, -0.2) is 15.0 Å². The minimum Gasteiger partial charge on any atom is -0.208 e. The molecular weight excluding hydrogens is 643 g/mol. The van der Waals surface area contributed by atoms with Gasteiger partial charge in [-0.15, -0.1) is 0 Å². The van der Waals surface area contributed by atoms with Crippen LogP contribution in [0.15, 0.2) is 176 Å². The summed E-state index contributed by atoms with van der Waals surface area (Å²) in [7, 11) is 0. The maximum atomic E-state index is 5.16. The fraction of sp³-hybridized carbons (Fsp3) is 0.0200. The van der Waals surface area contributed by atoms with Crippen LogP contribution in [-0.2, 0) is 5.41 Å². The predicted molar refractivity (Wildman–Crippen MR) is 214 cm³/mol. The first-order valence-electron chi connectivity index (χ1n) is 18.2. The molecule has 0 aliphatic heterocycles. The average molecular weight is 672 g/mol. The molecule has 3 heteroatoms. The van der Waals surface area contributed by atoms with Gasteiger partial charge >= 0.3 is 0 Å². The van der Waals surface area contributed by atoms with Gasteiger partial charge in [-0.3, -0.25) is 0 Å². The molecule has 12 rings (SSSR count). The number of nitrogens with zero attached hydrogens (tertiary/aromatic N) is 3. The number of hydrogen-bond acceptors (Lipinski definition) is 3. The van der Waals surface area contributed by atoms with Crippen LogP contribution in [0, 0.1) is 0 Å². The molecule has 0 saturated carbocycles. The molecule has 9 aromatic rings. The number of hydrogen-bond donors (Lipinski definition) is 0. The number of fused-ring (bicyclic) bond motifs is 14. The van der Waals surface area contributed by atoms with E-state index in [1.165, 1.54) is 77.5 Å². The van der Waals surface area contributed by atoms with Crippen molar-refractivity contribution in [3.8, 4) is 78.7 Å². The second-order valence-corrected chi connectivity index (χ2v) is 14.3. The van der Waals surface area contributed by atoms with Crippen LogP contribution in [0.3, 0.4) is 0 Å². The van der Waals surface area contributed by atoms with E-state index in [1.807, 2.05) is 36.4 Å². The Bertz CT molecular complexity index is 2940. The van der Waals surface area contributed by atoms with Crippen LogP contribution in [0.5, 0.6) is 0 Å². The SMILES string of the molecule is c1ccc(-c2nc(-c3ccccc3)nc(-c3ccc4c(c3)C3(c5ccccc5-4)c4ccccc4-c4c3cc3c5c(cccc45)-c4ccccc4-3)n2)cc1. The molecule has 1 unspecified atom stereocenters. The number of aromatic nitrogens is 3. The number of benzene rings is 8. The summed E-state index contributed by atoms with van der Waals surface area (Å²) in [6, 6.07) is 63.6. The average Bonchev–Trinajstić information content (AvgIpc) is 3.84. The summed E-state index contributed by atoms with van der Waals surface area (Å²) in [5.41, 5.74) is 18.0. The van der Waals surface area contributed by atoms with E-state index in [0.717, 1.165) is 16.7 Å². The van der Waals surface area contributed by atoms with Crippen molar-refractivity contribution in [1.82, 2.24) is 15.0 Å². The van der Waals surface area contributed by atoms with Gasteiger partial charge in [-0.2, -0.15) is 0 Å². The standard InChI is InChI=1S/C50H29N3/c1-3-14-30(15-4-1)47-51-48(31-16-5-2-6-17-31)53-49(52-47)32-26-27-36-35-20-9-11-24-41(35)50(43(36)28-32)42-25-12-10-21-38(42)46-39-23-13-22-37-33-18-7-8-19-34(33)40(45(37)39)29-44(46)50/h1-29H. The smallest absolute Gasteiger partial charge is 0.164 e. The van der Waals surface area contributed by atoms with Crippen LogP contribution < -0.4 is 0 Å². The first-order valence-corrected chi connectivity index (χ1v) is 18.2. The quantitative estimate of drug-likeness (QED) is 0.188. The van der Waals surface area contributed by atoms with Crippen molar-refractivity contribution in [3.63, 3.8) is 0 Å². The Morgan fingerprint density at radius 1 is 0.302 bits per heavy atom. The van der Waals surface area contributed by atoms with Crippen molar-refractivity contribution < 1.29 is 0 Å². The van der Waals surface area contributed by atoms with Gasteiger partial charge < -0.3 is 0 Å². The van der Waals surface area contributed by atoms with Gasteiger partial charge in [-0.05, 0) is 89.7 Å². The molecule has 1 heterocycles. The number of rotatable bonds is 3. The van der Waals surface area contributed by atoms with Gasteiger partial charge in [0.2, 0.25) is 0 Å². The lowest BCUT2D eigenvalue weighted by atomic mass is 9.70. The van der Waals surface area contributed by atoms with E-state index < -0.39 is 5.41 Å². The summed E-state index contributed by atoms with van der Waals surface area (Å²) >= 11 is 0. The Labute approximate surface area is 307 Å². The molecule has 1 spiro atoms. The van der Waals surface area contributed by atoms with Gasteiger partial charge in [0.25, 0.3) is 0 Å². The maximum absolute atomic E-state index is 5.16. The zero-order chi connectivity index (χ0) is 34.7. The molecule has 0 fully saturated rings. The van der Waals surface area contributed by atoms with E-state index in [-0.39, 0.29) is 0 Å². The van der Waals surface area contributed by atoms with Crippen molar-refractivity contribution in [2.24, 2.45) is 0 Å². The molecule has 0 bridgehead atoms. The Balaban J connectivity index is 1.17. The van der Waals surface area contributed by atoms with Crippen molar-refractivity contribution in [1.29, 1.82) is 0 Å². The lowest BCUT2D eigenvalue weighted by Crippen LogP contribution is -2.26. The van der Waals surface area contributed by atoms with E-state index >= 15 is 0 Å². The molecule has 244 valence electrons. The topological polar surface area (TPSA) is 38.7 Å². The molecule has 3 aliphatic rings. The van der Waals surface area contributed by atoms with Crippen LogP contribution in [0.4, 0.5) is 0 Å². The van der Waals surface area contributed by atoms with Gasteiger partial charge in [-0.1, -0.05) is 164 Å². The molecule has 0 amide bonds. The van der Waals surface area contributed by atoms with Gasteiger partial charge in [0, 0.05) is 16.7 Å². The zero-order valence-electron chi connectivity index (χ0n) is 28.6. The van der Waals surface area contributed by atoms with E-state index in [2.05, 4.69) is 140 Å². The lowest BCUT2D eigenvalue weighted by Gasteiger charge is -2.31. The molecule has 3 aliphatic carbocycles. The second kappa shape index (κ2) is 10.5. The Morgan fingerprint density at radius 2 is 0.811 bits per heavy atom. The monoisotopic (exact) mass is 671 g/mol. The molecule has 1 atom stereocenters. The third-order valence-electron chi connectivity index (χ3n) is 11.7. The zero-order valence-corrected chi connectivity index (χ0v) is 28.6. The van der Waals surface area contributed by atoms with Gasteiger partial charge in [0.05, 0.1) is 5.41 Å². The molecule has 1 aromatic heterocycles. The molecule has 0 N–H and O–H groups in total. The van der Waals surface area contributed by atoms with E-state index in [0.29, 0.717) is 17.5 Å². The molecule has 0 saturated heterocycles. The molecular formula is C50H29N3. The second-order valence-electron chi connectivity index (χ2n) is 14.3. The lowest BCUT2D eigenvalue weighted by molar-refractivity contribution is 0.795. The highest BCUT2D eigenvalue weighted by Gasteiger charge is 2.52. The Kier molecular flexibility index (Phi) is 5.70. The highest BCUT2D eigenvalue weighted by Crippen LogP contribution is 2.65. The van der Waals surface area contributed by atoms with E-state index in [9.17, 15) is 0 Å². The fourth-order valence-corrected chi connectivity index (χ4v) is 9.57. The molecule has 8 aromatic carbocycles. The predicted octanol–water partition coefficient (Wildman–Crippen LogP) is 12.0. The minimum absolute atomic E-state index is 0.524. The van der Waals surface area contributed by atoms with E-state index in [1.54, 1.807) is 0 Å². The third-order valence-corrected chi connectivity index (χ3v) is 11.7. The van der Waals surface area contributed by atoms with Crippen molar-refractivity contribution in [3.05, 3.63) is 198 Å². The summed E-state index contributed by atoms with van der Waals surface area (Å²) in [4.78, 5) is 15.3. The van der Waals surface area contributed by atoms with Crippen molar-refractivity contribution >= 4 is 10.8 Å². The van der Waals surface area contributed by atoms with Gasteiger partial charge in [0.1, 0.15) is 0 Å². The van der Waals surface area contributed by atoms with Gasteiger partial charge in [-0.25, -0.2) is 15.0 Å². The third kappa shape index (κ3) is 3.75. The van der Waals surface area contributed by atoms with Crippen LogP contribution >= 0.6 is 0 Å². The fourth-order valence-electron chi connectivity index (χ4n) is 9.57. The normalized spacial score (nSPS) is 15.2. The molecule has 0 radical (unpaired) electrons. The highest BCUT2D eigenvalue weighted by molar-refractivity contribution is 6.21. The summed E-state index contributed by atoms with van der Waals surface area (Å²) in [6.45, 7) is 0. The summed E-state index contributed by atoms with van der Waals surface area (Å²) in [6.07, 6.45) is 0. The minimum atomic E-state index is -0.524. The van der Waals surface area contributed by atoms with Crippen LogP contribution in [0.2, 0.25) is 0 Å². The summed E-state index contributed by atoms with van der Waals surface area (Å²) < 4.78 is 0. The summed E-state index contributed by atoms with van der Waals surface area (Å²) in [5, 5.41) is 2.67. The Morgan fingerprint density at radius 3 is 1.49 bits per heavy atom.